The second kappa shape index (κ2) is 13.3. The Morgan fingerprint density at radius 2 is 1.63 bits per heavy atom. The maximum Gasteiger partial charge on any atom is 0.264 e. The quantitative estimate of drug-likeness (QED) is 0.354. The van der Waals surface area contributed by atoms with Crippen molar-refractivity contribution < 1.29 is 22.7 Å². The first-order valence-corrected chi connectivity index (χ1v) is 14.0. The maximum absolute atomic E-state index is 13.9. The van der Waals surface area contributed by atoms with E-state index in [2.05, 4.69) is 5.32 Å². The van der Waals surface area contributed by atoms with Crippen molar-refractivity contribution in [2.75, 3.05) is 24.5 Å². The van der Waals surface area contributed by atoms with Crippen molar-refractivity contribution in [2.45, 2.75) is 37.8 Å². The van der Waals surface area contributed by atoms with Gasteiger partial charge in [-0.25, -0.2) is 8.42 Å². The van der Waals surface area contributed by atoms with Crippen LogP contribution in [0.25, 0.3) is 0 Å². The summed E-state index contributed by atoms with van der Waals surface area (Å²) < 4.78 is 34.1. The van der Waals surface area contributed by atoms with Crippen LogP contribution in [0.4, 0.5) is 5.69 Å². The van der Waals surface area contributed by atoms with Crippen LogP contribution in [-0.2, 0) is 26.2 Å². The minimum Gasteiger partial charge on any atom is -0.495 e. The predicted octanol–water partition coefficient (Wildman–Crippen LogP) is 4.49. The summed E-state index contributed by atoms with van der Waals surface area (Å²) in [5.74, 6) is -0.659. The van der Waals surface area contributed by atoms with E-state index in [4.69, 9.17) is 16.3 Å². The molecule has 38 heavy (non-hydrogen) atoms. The number of carbonyl (C=O) groups excluding carboxylic acids is 2. The van der Waals surface area contributed by atoms with Crippen LogP contribution < -0.4 is 14.4 Å². The lowest BCUT2D eigenvalue weighted by Crippen LogP contribution is -2.51. The summed E-state index contributed by atoms with van der Waals surface area (Å²) in [7, 11) is -2.81. The molecule has 0 saturated heterocycles. The first-order chi connectivity index (χ1) is 18.2. The first kappa shape index (κ1) is 29.0. The van der Waals surface area contributed by atoms with Gasteiger partial charge in [0.15, 0.2) is 0 Å². The monoisotopic (exact) mass is 557 g/mol. The molecule has 3 aromatic carbocycles. The number of anilines is 1. The molecule has 0 aliphatic heterocycles. The SMILES string of the molecule is CCCNC(=O)[C@H](C)N(Cc1ccccc1)C(=O)CN(c1cc(Cl)ccc1OC)S(=O)(=O)c1ccccc1. The molecule has 0 saturated carbocycles. The Bertz CT molecular complexity index is 1340. The highest BCUT2D eigenvalue weighted by Gasteiger charge is 2.33. The summed E-state index contributed by atoms with van der Waals surface area (Å²) in [5, 5.41) is 3.09. The Morgan fingerprint density at radius 3 is 2.24 bits per heavy atom. The lowest BCUT2D eigenvalue weighted by molar-refractivity contribution is -0.139. The van der Waals surface area contributed by atoms with Gasteiger partial charge in [-0.2, -0.15) is 0 Å². The highest BCUT2D eigenvalue weighted by Crippen LogP contribution is 2.35. The number of benzene rings is 3. The molecule has 2 amide bonds. The highest BCUT2D eigenvalue weighted by molar-refractivity contribution is 7.92. The molecule has 1 atom stereocenters. The van der Waals surface area contributed by atoms with Crippen molar-refractivity contribution in [2.24, 2.45) is 0 Å². The van der Waals surface area contributed by atoms with Crippen molar-refractivity contribution in [3.05, 3.63) is 89.4 Å². The van der Waals surface area contributed by atoms with Crippen LogP contribution in [0, 0.1) is 0 Å². The predicted molar refractivity (Wildman–Crippen MR) is 149 cm³/mol. The average Bonchev–Trinajstić information content (AvgIpc) is 2.93. The van der Waals surface area contributed by atoms with E-state index in [0.717, 1.165) is 16.3 Å². The van der Waals surface area contributed by atoms with E-state index in [1.54, 1.807) is 31.2 Å². The number of nitrogens with zero attached hydrogens (tertiary/aromatic N) is 2. The molecular formula is C28H32ClN3O5S. The Morgan fingerprint density at radius 1 is 1.00 bits per heavy atom. The van der Waals surface area contributed by atoms with E-state index >= 15 is 0 Å². The minimum atomic E-state index is -4.22. The number of hydrogen-bond acceptors (Lipinski definition) is 5. The van der Waals surface area contributed by atoms with Gasteiger partial charge in [-0.15, -0.1) is 0 Å². The first-order valence-electron chi connectivity index (χ1n) is 12.2. The van der Waals surface area contributed by atoms with E-state index < -0.39 is 28.5 Å². The molecule has 0 heterocycles. The van der Waals surface area contributed by atoms with Crippen LogP contribution >= 0.6 is 11.6 Å². The van der Waals surface area contributed by atoms with Crippen molar-refractivity contribution in [3.8, 4) is 5.75 Å². The topological polar surface area (TPSA) is 96.0 Å². The fourth-order valence-corrected chi connectivity index (χ4v) is 5.45. The summed E-state index contributed by atoms with van der Waals surface area (Å²) in [4.78, 5) is 28.1. The van der Waals surface area contributed by atoms with Gasteiger partial charge >= 0.3 is 0 Å². The van der Waals surface area contributed by atoms with Gasteiger partial charge in [0.1, 0.15) is 18.3 Å². The maximum atomic E-state index is 13.9. The number of hydrogen-bond donors (Lipinski definition) is 1. The van der Waals surface area contributed by atoms with Crippen molar-refractivity contribution >= 4 is 39.1 Å². The zero-order valence-electron chi connectivity index (χ0n) is 21.6. The Balaban J connectivity index is 2.06. The van der Waals surface area contributed by atoms with Gasteiger partial charge in [0, 0.05) is 18.1 Å². The molecule has 0 spiro atoms. The molecule has 0 radical (unpaired) electrons. The summed E-state index contributed by atoms with van der Waals surface area (Å²) >= 11 is 6.24. The molecule has 0 unspecified atom stereocenters. The molecule has 0 bridgehead atoms. The van der Waals surface area contributed by atoms with Gasteiger partial charge in [0.2, 0.25) is 11.8 Å². The second-order valence-electron chi connectivity index (χ2n) is 8.62. The third-order valence-electron chi connectivity index (χ3n) is 5.93. The van der Waals surface area contributed by atoms with Crippen LogP contribution in [0.15, 0.2) is 83.8 Å². The lowest BCUT2D eigenvalue weighted by Gasteiger charge is -2.32. The molecule has 202 valence electrons. The third kappa shape index (κ3) is 7.05. The normalized spacial score (nSPS) is 11.9. The Kier molecular flexibility index (Phi) is 10.2. The summed E-state index contributed by atoms with van der Waals surface area (Å²) in [6, 6.07) is 20.7. The van der Waals surface area contributed by atoms with Crippen molar-refractivity contribution in [1.82, 2.24) is 10.2 Å². The fourth-order valence-electron chi connectivity index (χ4n) is 3.85. The molecule has 0 fully saturated rings. The van der Waals surface area contributed by atoms with Gasteiger partial charge in [-0.3, -0.25) is 13.9 Å². The van der Waals surface area contributed by atoms with Crippen LogP contribution in [-0.4, -0.2) is 51.4 Å². The molecule has 3 aromatic rings. The highest BCUT2D eigenvalue weighted by atomic mass is 35.5. The standard InChI is InChI=1S/C28H32ClN3O5S/c1-4-17-30-28(34)21(2)31(19-22-11-7-5-8-12-22)27(33)20-32(25-18-23(29)15-16-26(25)37-3)38(35,36)24-13-9-6-10-14-24/h5-16,18,21H,4,17,19-20H2,1-3H3,(H,30,34)/t21-/m0/s1. The number of rotatable bonds is 12. The minimum absolute atomic E-state index is 0.00169. The van der Waals surface area contributed by atoms with E-state index in [1.807, 2.05) is 37.3 Å². The number of sulfonamides is 1. The van der Waals surface area contributed by atoms with Crippen LogP contribution in [0.1, 0.15) is 25.8 Å². The zero-order chi connectivity index (χ0) is 27.7. The Hall–Kier alpha value is -3.56. The molecule has 0 aliphatic carbocycles. The number of ether oxygens (including phenoxy) is 1. The Labute approximate surface area is 229 Å². The number of amides is 2. The average molecular weight is 558 g/mol. The second-order valence-corrected chi connectivity index (χ2v) is 10.9. The number of nitrogens with one attached hydrogen (secondary N) is 1. The van der Waals surface area contributed by atoms with Crippen LogP contribution in [0.2, 0.25) is 5.02 Å². The number of carbonyl (C=O) groups is 2. The van der Waals surface area contributed by atoms with Crippen LogP contribution in [0.3, 0.4) is 0 Å². The summed E-state index contributed by atoms with van der Waals surface area (Å²) in [5.41, 5.74) is 0.911. The van der Waals surface area contributed by atoms with Crippen LogP contribution in [0.5, 0.6) is 5.75 Å². The van der Waals surface area contributed by atoms with Gasteiger partial charge in [-0.05, 0) is 49.2 Å². The molecule has 0 aromatic heterocycles. The smallest absolute Gasteiger partial charge is 0.264 e. The van der Waals surface area contributed by atoms with Gasteiger partial charge < -0.3 is 15.0 Å². The van der Waals surface area contributed by atoms with Gasteiger partial charge in [0.25, 0.3) is 10.0 Å². The lowest BCUT2D eigenvalue weighted by atomic mass is 10.1. The summed E-state index contributed by atoms with van der Waals surface area (Å²) in [6.07, 6.45) is 0.739. The van der Waals surface area contributed by atoms with Crippen molar-refractivity contribution in [1.29, 1.82) is 0 Å². The van der Waals surface area contributed by atoms with Gasteiger partial charge in [-0.1, -0.05) is 67.1 Å². The number of halogens is 1. The van der Waals surface area contributed by atoms with E-state index in [-0.39, 0.29) is 33.8 Å². The van der Waals surface area contributed by atoms with Gasteiger partial charge in [0.05, 0.1) is 17.7 Å². The van der Waals surface area contributed by atoms with E-state index in [9.17, 15) is 18.0 Å². The largest absolute Gasteiger partial charge is 0.495 e. The molecule has 8 nitrogen and oxygen atoms in total. The summed E-state index contributed by atoms with van der Waals surface area (Å²) in [6.45, 7) is 3.56. The van der Waals surface area contributed by atoms with E-state index in [1.165, 1.54) is 36.3 Å². The molecule has 1 N–H and O–H groups in total. The molecule has 3 rings (SSSR count). The van der Waals surface area contributed by atoms with E-state index in [0.29, 0.717) is 6.54 Å². The zero-order valence-corrected chi connectivity index (χ0v) is 23.2. The molecule has 0 aliphatic rings. The molecular weight excluding hydrogens is 526 g/mol. The third-order valence-corrected chi connectivity index (χ3v) is 7.94. The number of methoxy groups -OCH3 is 1. The fraction of sp³-hybridized carbons (Fsp3) is 0.286. The molecule has 10 heteroatoms. The van der Waals surface area contributed by atoms with Crippen molar-refractivity contribution in [3.63, 3.8) is 0 Å².